The highest BCUT2D eigenvalue weighted by molar-refractivity contribution is 5.07. The fraction of sp³-hybridized carbons (Fsp3) is 0.538. The van der Waals surface area contributed by atoms with Gasteiger partial charge in [0.05, 0.1) is 11.9 Å². The van der Waals surface area contributed by atoms with E-state index in [-0.39, 0.29) is 0 Å². The minimum atomic E-state index is 0.630. The lowest BCUT2D eigenvalue weighted by Gasteiger charge is -2.04. The summed E-state index contributed by atoms with van der Waals surface area (Å²) in [6.45, 7) is 8.75. The van der Waals surface area contributed by atoms with E-state index in [2.05, 4.69) is 29.4 Å². The predicted molar refractivity (Wildman–Crippen MR) is 69.1 cm³/mol. The number of hydrogen-bond donors (Lipinski definition) is 1. The van der Waals surface area contributed by atoms with E-state index in [9.17, 15) is 0 Å². The third-order valence-corrected chi connectivity index (χ3v) is 2.55. The van der Waals surface area contributed by atoms with Crippen LogP contribution in [0, 0.1) is 12.8 Å². The molecule has 0 aliphatic carbocycles. The summed E-state index contributed by atoms with van der Waals surface area (Å²) >= 11 is 0. The molecule has 0 radical (unpaired) electrons. The molecule has 0 fully saturated rings. The Labute approximate surface area is 107 Å². The second kappa shape index (κ2) is 5.82. The summed E-state index contributed by atoms with van der Waals surface area (Å²) in [4.78, 5) is 0. The maximum atomic E-state index is 5.28. The molecule has 2 aromatic heterocycles. The minimum absolute atomic E-state index is 0.630. The molecule has 0 saturated carbocycles. The van der Waals surface area contributed by atoms with Crippen LogP contribution in [-0.2, 0) is 13.1 Å². The quantitative estimate of drug-likeness (QED) is 0.849. The van der Waals surface area contributed by atoms with Crippen LogP contribution in [0.4, 0.5) is 0 Å². The number of rotatable bonds is 6. The number of nitrogens with zero attached hydrogens (tertiary/aromatic N) is 3. The average Bonchev–Trinajstić information content (AvgIpc) is 2.89. The molecule has 0 bridgehead atoms. The normalized spacial score (nSPS) is 11.3. The van der Waals surface area contributed by atoms with Crippen molar-refractivity contribution in [3.8, 4) is 0 Å². The van der Waals surface area contributed by atoms with E-state index in [4.69, 9.17) is 4.52 Å². The standard InChI is InChI=1S/C13H20N4O/c1-10(2)5-14-7-12-4-13(18-16-12)9-17-8-11(3)6-15-17/h4,6,8,10,14H,5,7,9H2,1-3H3. The average molecular weight is 248 g/mol. The van der Waals surface area contributed by atoms with Crippen LogP contribution >= 0.6 is 0 Å². The Morgan fingerprint density at radius 2 is 2.28 bits per heavy atom. The lowest BCUT2D eigenvalue weighted by atomic mass is 10.2. The molecule has 0 saturated heterocycles. The molecule has 2 heterocycles. The van der Waals surface area contributed by atoms with Crippen LogP contribution < -0.4 is 5.32 Å². The van der Waals surface area contributed by atoms with Gasteiger partial charge in [0.1, 0.15) is 6.54 Å². The van der Waals surface area contributed by atoms with Crippen LogP contribution in [0.1, 0.15) is 30.9 Å². The van der Waals surface area contributed by atoms with Crippen molar-refractivity contribution < 1.29 is 4.52 Å². The van der Waals surface area contributed by atoms with Crippen molar-refractivity contribution in [2.75, 3.05) is 6.54 Å². The molecule has 1 N–H and O–H groups in total. The molecule has 0 spiro atoms. The van der Waals surface area contributed by atoms with E-state index >= 15 is 0 Å². The molecular weight excluding hydrogens is 228 g/mol. The first-order chi connectivity index (χ1) is 8.63. The summed E-state index contributed by atoms with van der Waals surface area (Å²) in [6, 6.07) is 1.98. The highest BCUT2D eigenvalue weighted by Crippen LogP contribution is 2.06. The molecule has 0 aliphatic rings. The summed E-state index contributed by atoms with van der Waals surface area (Å²) < 4.78 is 7.13. The van der Waals surface area contributed by atoms with Gasteiger partial charge in [-0.25, -0.2) is 0 Å². The molecule has 0 amide bonds. The van der Waals surface area contributed by atoms with E-state index in [0.717, 1.165) is 30.1 Å². The SMILES string of the molecule is Cc1cnn(Cc2cc(CNCC(C)C)no2)c1. The molecular formula is C13H20N4O. The van der Waals surface area contributed by atoms with Crippen molar-refractivity contribution in [1.29, 1.82) is 0 Å². The summed E-state index contributed by atoms with van der Waals surface area (Å²) in [5.41, 5.74) is 2.09. The lowest BCUT2D eigenvalue weighted by Crippen LogP contribution is -2.19. The Hall–Kier alpha value is -1.62. The van der Waals surface area contributed by atoms with Crippen LogP contribution in [0.2, 0.25) is 0 Å². The molecule has 0 aromatic carbocycles. The fourth-order valence-corrected chi connectivity index (χ4v) is 1.72. The first-order valence-corrected chi connectivity index (χ1v) is 6.27. The van der Waals surface area contributed by atoms with Gasteiger partial charge >= 0.3 is 0 Å². The van der Waals surface area contributed by atoms with E-state index in [1.165, 1.54) is 0 Å². The van der Waals surface area contributed by atoms with Crippen molar-refractivity contribution in [1.82, 2.24) is 20.3 Å². The predicted octanol–water partition coefficient (Wildman–Crippen LogP) is 1.97. The van der Waals surface area contributed by atoms with Gasteiger partial charge in [0.2, 0.25) is 0 Å². The molecule has 5 heteroatoms. The summed E-state index contributed by atoms with van der Waals surface area (Å²) in [6.07, 6.45) is 3.82. The Morgan fingerprint density at radius 1 is 1.44 bits per heavy atom. The largest absolute Gasteiger partial charge is 0.359 e. The molecule has 98 valence electrons. The van der Waals surface area contributed by atoms with Crippen LogP contribution in [0.5, 0.6) is 0 Å². The van der Waals surface area contributed by atoms with Gasteiger partial charge in [0.25, 0.3) is 0 Å². The van der Waals surface area contributed by atoms with Crippen molar-refractivity contribution >= 4 is 0 Å². The van der Waals surface area contributed by atoms with Gasteiger partial charge in [-0.15, -0.1) is 0 Å². The maximum Gasteiger partial charge on any atom is 0.158 e. The van der Waals surface area contributed by atoms with E-state index in [0.29, 0.717) is 12.5 Å². The van der Waals surface area contributed by atoms with Crippen molar-refractivity contribution in [2.45, 2.75) is 33.9 Å². The van der Waals surface area contributed by atoms with Crippen LogP contribution in [0.3, 0.4) is 0 Å². The molecule has 2 aromatic rings. The van der Waals surface area contributed by atoms with Crippen molar-refractivity contribution in [3.63, 3.8) is 0 Å². The van der Waals surface area contributed by atoms with Gasteiger partial charge in [0, 0.05) is 18.8 Å². The zero-order chi connectivity index (χ0) is 13.0. The van der Waals surface area contributed by atoms with E-state index < -0.39 is 0 Å². The Bertz CT molecular complexity index is 487. The highest BCUT2D eigenvalue weighted by atomic mass is 16.5. The van der Waals surface area contributed by atoms with Crippen molar-refractivity contribution in [3.05, 3.63) is 35.5 Å². The molecule has 5 nitrogen and oxygen atoms in total. The molecule has 18 heavy (non-hydrogen) atoms. The Balaban J connectivity index is 1.86. The summed E-state index contributed by atoms with van der Waals surface area (Å²) in [7, 11) is 0. The third kappa shape index (κ3) is 3.70. The van der Waals surface area contributed by atoms with Gasteiger partial charge in [-0.2, -0.15) is 5.10 Å². The fourth-order valence-electron chi connectivity index (χ4n) is 1.72. The van der Waals surface area contributed by atoms with Crippen LogP contribution in [0.25, 0.3) is 0 Å². The van der Waals surface area contributed by atoms with E-state index in [1.54, 1.807) is 0 Å². The maximum absolute atomic E-state index is 5.28. The van der Waals surface area contributed by atoms with E-state index in [1.807, 2.05) is 30.1 Å². The second-order valence-corrected chi connectivity index (χ2v) is 5.02. The van der Waals surface area contributed by atoms with Crippen molar-refractivity contribution in [2.24, 2.45) is 5.92 Å². The lowest BCUT2D eigenvalue weighted by molar-refractivity contribution is 0.363. The van der Waals surface area contributed by atoms with Gasteiger partial charge in [-0.1, -0.05) is 19.0 Å². The Morgan fingerprint density at radius 3 is 2.94 bits per heavy atom. The topological polar surface area (TPSA) is 55.9 Å². The third-order valence-electron chi connectivity index (χ3n) is 2.55. The zero-order valence-electron chi connectivity index (χ0n) is 11.2. The zero-order valence-corrected chi connectivity index (χ0v) is 11.2. The van der Waals surface area contributed by atoms with Gasteiger partial charge in [-0.3, -0.25) is 4.68 Å². The minimum Gasteiger partial charge on any atom is -0.359 e. The van der Waals surface area contributed by atoms with Gasteiger partial charge in [-0.05, 0) is 24.9 Å². The second-order valence-electron chi connectivity index (χ2n) is 5.02. The van der Waals surface area contributed by atoms with Gasteiger partial charge in [0.15, 0.2) is 5.76 Å². The Kier molecular flexibility index (Phi) is 4.15. The smallest absolute Gasteiger partial charge is 0.158 e. The number of aryl methyl sites for hydroxylation is 1. The van der Waals surface area contributed by atoms with Crippen LogP contribution in [0.15, 0.2) is 23.0 Å². The first kappa shape index (κ1) is 12.8. The summed E-state index contributed by atoms with van der Waals surface area (Å²) in [5, 5.41) is 11.6. The highest BCUT2D eigenvalue weighted by Gasteiger charge is 2.05. The molecule has 0 aliphatic heterocycles. The van der Waals surface area contributed by atoms with Crippen LogP contribution in [-0.4, -0.2) is 21.5 Å². The number of aromatic nitrogens is 3. The first-order valence-electron chi connectivity index (χ1n) is 6.27. The van der Waals surface area contributed by atoms with Gasteiger partial charge < -0.3 is 9.84 Å². The molecule has 0 unspecified atom stereocenters. The molecule has 0 atom stereocenters. The summed E-state index contributed by atoms with van der Waals surface area (Å²) in [5.74, 6) is 1.47. The molecule has 2 rings (SSSR count). The number of hydrogen-bond acceptors (Lipinski definition) is 4. The monoisotopic (exact) mass is 248 g/mol. The number of nitrogens with one attached hydrogen (secondary N) is 1.